The number of Topliss-reactive ketones (excluding diaryl/α,β-unsaturated/α-hetero) is 1. The Bertz CT molecular complexity index is 441. The van der Waals surface area contributed by atoms with Crippen molar-refractivity contribution in [2.75, 3.05) is 7.11 Å². The number of ether oxygens (including phenoxy) is 1. The highest BCUT2D eigenvalue weighted by atomic mass is 79.9. The summed E-state index contributed by atoms with van der Waals surface area (Å²) in [5, 5.41) is 0. The number of hydrogen-bond donors (Lipinski definition) is 0. The van der Waals surface area contributed by atoms with E-state index in [1.165, 1.54) is 7.11 Å². The van der Waals surface area contributed by atoms with Crippen molar-refractivity contribution in [1.29, 1.82) is 0 Å². The molecule has 17 heavy (non-hydrogen) atoms. The highest BCUT2D eigenvalue weighted by Gasteiger charge is 2.14. The van der Waals surface area contributed by atoms with E-state index in [-0.39, 0.29) is 23.0 Å². The van der Waals surface area contributed by atoms with Crippen LogP contribution in [-0.4, -0.2) is 23.7 Å². The van der Waals surface area contributed by atoms with E-state index in [4.69, 9.17) is 0 Å². The van der Waals surface area contributed by atoms with Crippen LogP contribution in [0.25, 0.3) is 0 Å². The fourth-order valence-electron chi connectivity index (χ4n) is 1.32. The molecule has 1 unspecified atom stereocenters. The Morgan fingerprint density at radius 3 is 2.59 bits per heavy atom. The van der Waals surface area contributed by atoms with Gasteiger partial charge in [-0.2, -0.15) is 0 Å². The van der Waals surface area contributed by atoms with E-state index < -0.39 is 0 Å². The van der Waals surface area contributed by atoms with Crippen molar-refractivity contribution in [1.82, 2.24) is 0 Å². The first-order chi connectivity index (χ1) is 7.95. The lowest BCUT2D eigenvalue weighted by atomic mass is 10.0. The Morgan fingerprint density at radius 2 is 2.06 bits per heavy atom. The molecule has 0 saturated heterocycles. The van der Waals surface area contributed by atoms with Crippen LogP contribution in [0.5, 0.6) is 0 Å². The summed E-state index contributed by atoms with van der Waals surface area (Å²) in [7, 11) is 1.34. The van der Waals surface area contributed by atoms with E-state index in [1.54, 1.807) is 25.1 Å². The first kappa shape index (κ1) is 14.4. The molecule has 1 atom stereocenters. The third-order valence-corrected chi connectivity index (χ3v) is 3.44. The fraction of sp³-hybridized carbons (Fsp3) is 0.333. The van der Waals surface area contributed by atoms with Crippen LogP contribution < -0.4 is 0 Å². The number of methoxy groups -OCH3 is 1. The second kappa shape index (κ2) is 6.31. The zero-order valence-electron chi connectivity index (χ0n) is 9.50. The van der Waals surface area contributed by atoms with Crippen molar-refractivity contribution >= 4 is 43.6 Å². The number of alkyl halides is 1. The summed E-state index contributed by atoms with van der Waals surface area (Å²) in [6.45, 7) is 1.77. The smallest absolute Gasteiger partial charge is 0.310 e. The first-order valence-corrected chi connectivity index (χ1v) is 6.70. The fourth-order valence-corrected chi connectivity index (χ4v) is 1.97. The van der Waals surface area contributed by atoms with Gasteiger partial charge in [0.05, 0.1) is 18.4 Å². The monoisotopic (exact) mass is 362 g/mol. The van der Waals surface area contributed by atoms with E-state index in [0.717, 1.165) is 10.0 Å². The minimum Gasteiger partial charge on any atom is -0.469 e. The number of rotatable bonds is 4. The molecule has 0 bridgehead atoms. The van der Waals surface area contributed by atoms with Gasteiger partial charge in [-0.25, -0.2) is 0 Å². The largest absolute Gasteiger partial charge is 0.469 e. The number of hydrogen-bond acceptors (Lipinski definition) is 3. The minimum atomic E-state index is -0.331. The van der Waals surface area contributed by atoms with E-state index >= 15 is 0 Å². The van der Waals surface area contributed by atoms with Crippen LogP contribution in [0.4, 0.5) is 0 Å². The first-order valence-electron chi connectivity index (χ1n) is 4.99. The van der Waals surface area contributed by atoms with Gasteiger partial charge in [0.15, 0.2) is 5.78 Å². The molecule has 3 nitrogen and oxygen atoms in total. The van der Waals surface area contributed by atoms with Gasteiger partial charge in [-0.05, 0) is 24.6 Å². The lowest BCUT2D eigenvalue weighted by molar-refractivity contribution is -0.139. The average molecular weight is 364 g/mol. The summed E-state index contributed by atoms with van der Waals surface area (Å²) < 4.78 is 5.40. The van der Waals surface area contributed by atoms with E-state index in [1.807, 2.05) is 0 Å². The zero-order chi connectivity index (χ0) is 13.0. The predicted octanol–water partition coefficient (Wildman–Crippen LogP) is 3.13. The molecule has 0 fully saturated rings. The van der Waals surface area contributed by atoms with Crippen molar-refractivity contribution in [3.63, 3.8) is 0 Å². The van der Waals surface area contributed by atoms with E-state index in [0.29, 0.717) is 5.56 Å². The van der Waals surface area contributed by atoms with Crippen LogP contribution >= 0.6 is 31.9 Å². The molecule has 1 aromatic carbocycles. The molecule has 0 aliphatic rings. The maximum Gasteiger partial charge on any atom is 0.310 e. The summed E-state index contributed by atoms with van der Waals surface area (Å²) in [6, 6.07) is 5.20. The number of carbonyl (C=O) groups excluding carboxylic acids is 2. The number of carbonyl (C=O) groups is 2. The van der Waals surface area contributed by atoms with Crippen LogP contribution in [0.1, 0.15) is 22.8 Å². The number of esters is 1. The molecule has 0 heterocycles. The quantitative estimate of drug-likeness (QED) is 0.469. The molecular formula is C12H12Br2O3. The van der Waals surface area contributed by atoms with Gasteiger partial charge in [0.2, 0.25) is 0 Å². The molecule has 5 heteroatoms. The Balaban J connectivity index is 3.02. The average Bonchev–Trinajstić information content (AvgIpc) is 2.30. The molecular weight excluding hydrogens is 352 g/mol. The Hall–Kier alpha value is -0.680. The van der Waals surface area contributed by atoms with E-state index in [9.17, 15) is 9.59 Å². The number of benzene rings is 1. The topological polar surface area (TPSA) is 43.4 Å². The van der Waals surface area contributed by atoms with Gasteiger partial charge in [0.25, 0.3) is 0 Å². The van der Waals surface area contributed by atoms with Gasteiger partial charge in [-0.1, -0.05) is 37.9 Å². The highest BCUT2D eigenvalue weighted by molar-refractivity contribution is 9.10. The number of ketones is 1. The van der Waals surface area contributed by atoms with Gasteiger partial charge in [-0.15, -0.1) is 0 Å². The Labute approximate surface area is 117 Å². The van der Waals surface area contributed by atoms with Crippen molar-refractivity contribution in [3.8, 4) is 0 Å². The van der Waals surface area contributed by atoms with Crippen molar-refractivity contribution in [2.24, 2.45) is 0 Å². The summed E-state index contributed by atoms with van der Waals surface area (Å²) in [5.41, 5.74) is 1.33. The standard InChI is InChI=1S/C12H12Br2O3/c1-7(13)12(16)8-3-4-10(14)9(5-8)6-11(15)17-2/h3-5,7H,6H2,1-2H3. The van der Waals surface area contributed by atoms with Crippen molar-refractivity contribution in [3.05, 3.63) is 33.8 Å². The summed E-state index contributed by atoms with van der Waals surface area (Å²) in [5.74, 6) is -0.342. The zero-order valence-corrected chi connectivity index (χ0v) is 12.7. The molecule has 0 aliphatic heterocycles. The summed E-state index contributed by atoms with van der Waals surface area (Å²) >= 11 is 6.57. The van der Waals surface area contributed by atoms with Gasteiger partial charge < -0.3 is 4.74 Å². The lowest BCUT2D eigenvalue weighted by Gasteiger charge is -2.07. The highest BCUT2D eigenvalue weighted by Crippen LogP contribution is 2.21. The van der Waals surface area contributed by atoms with E-state index in [2.05, 4.69) is 36.6 Å². The van der Waals surface area contributed by atoms with Crippen LogP contribution in [-0.2, 0) is 16.0 Å². The molecule has 1 aromatic rings. The van der Waals surface area contributed by atoms with Gasteiger partial charge in [0.1, 0.15) is 0 Å². The molecule has 0 N–H and O–H groups in total. The van der Waals surface area contributed by atoms with Crippen molar-refractivity contribution in [2.45, 2.75) is 18.2 Å². The van der Waals surface area contributed by atoms with Gasteiger partial charge in [0, 0.05) is 10.0 Å². The minimum absolute atomic E-state index is 0.0105. The SMILES string of the molecule is COC(=O)Cc1cc(C(=O)C(C)Br)ccc1Br. The third kappa shape index (κ3) is 3.92. The van der Waals surface area contributed by atoms with Crippen LogP contribution in [0, 0.1) is 0 Å². The second-order valence-electron chi connectivity index (χ2n) is 3.54. The molecule has 0 aliphatic carbocycles. The van der Waals surface area contributed by atoms with Gasteiger partial charge in [-0.3, -0.25) is 9.59 Å². The van der Waals surface area contributed by atoms with Crippen molar-refractivity contribution < 1.29 is 14.3 Å². The number of halogens is 2. The summed E-state index contributed by atoms with van der Waals surface area (Å²) in [4.78, 5) is 22.8. The molecule has 0 amide bonds. The molecule has 0 radical (unpaired) electrons. The van der Waals surface area contributed by atoms with Crippen LogP contribution in [0.3, 0.4) is 0 Å². The van der Waals surface area contributed by atoms with Gasteiger partial charge >= 0.3 is 5.97 Å². The summed E-state index contributed by atoms with van der Waals surface area (Å²) in [6.07, 6.45) is 0.148. The maximum atomic E-state index is 11.8. The molecule has 1 rings (SSSR count). The molecule has 0 spiro atoms. The molecule has 0 aromatic heterocycles. The predicted molar refractivity (Wildman–Crippen MR) is 72.6 cm³/mol. The van der Waals surface area contributed by atoms with Crippen LogP contribution in [0.2, 0.25) is 0 Å². The molecule has 0 saturated carbocycles. The maximum absolute atomic E-state index is 11.8. The normalized spacial score (nSPS) is 12.0. The Morgan fingerprint density at radius 1 is 1.41 bits per heavy atom. The van der Waals surface area contributed by atoms with Crippen LogP contribution in [0.15, 0.2) is 22.7 Å². The molecule has 92 valence electrons. The third-order valence-electron chi connectivity index (χ3n) is 2.25. The lowest BCUT2D eigenvalue weighted by Crippen LogP contribution is -2.11. The Kier molecular flexibility index (Phi) is 5.33. The second-order valence-corrected chi connectivity index (χ2v) is 5.77.